The smallest absolute Gasteiger partial charge is 0.357 e. The van der Waals surface area contributed by atoms with E-state index in [4.69, 9.17) is 4.74 Å². The Labute approximate surface area is 165 Å². The highest BCUT2D eigenvalue weighted by atomic mass is 79.9. The van der Waals surface area contributed by atoms with Crippen LogP contribution in [0.2, 0.25) is 0 Å². The number of methoxy groups -OCH3 is 1. The van der Waals surface area contributed by atoms with Gasteiger partial charge in [-0.15, -0.1) is 11.3 Å². The van der Waals surface area contributed by atoms with Crippen LogP contribution < -0.4 is 0 Å². The number of amides is 1. The number of carbonyl (C=O) groups excluding carboxylic acids is 2. The molecule has 1 heterocycles. The van der Waals surface area contributed by atoms with Crippen LogP contribution >= 0.6 is 27.3 Å². The van der Waals surface area contributed by atoms with Gasteiger partial charge in [0.05, 0.1) is 13.7 Å². The van der Waals surface area contributed by atoms with Crippen LogP contribution in [-0.4, -0.2) is 48.6 Å². The molecular formula is C18H21BrN2O4S. The maximum atomic E-state index is 12.9. The first kappa shape index (κ1) is 20.5. The first-order valence-electron chi connectivity index (χ1n) is 8.20. The number of nitrogens with zero attached hydrogens (tertiary/aromatic N) is 2. The number of aromatic nitrogens is 1. The van der Waals surface area contributed by atoms with Crippen LogP contribution in [0, 0.1) is 0 Å². The maximum Gasteiger partial charge on any atom is 0.357 e. The monoisotopic (exact) mass is 440 g/mol. The first-order chi connectivity index (χ1) is 12.5. The summed E-state index contributed by atoms with van der Waals surface area (Å²) in [7, 11) is 1.32. The molecule has 0 N–H and O–H groups in total. The van der Waals surface area contributed by atoms with Crippen molar-refractivity contribution in [3.63, 3.8) is 0 Å². The van der Waals surface area contributed by atoms with E-state index in [0.717, 1.165) is 10.9 Å². The summed E-state index contributed by atoms with van der Waals surface area (Å²) in [5.74, 6) is -0.557. The molecule has 8 heteroatoms. The highest BCUT2D eigenvalue weighted by Crippen LogP contribution is 2.17. The van der Waals surface area contributed by atoms with E-state index in [1.807, 2.05) is 19.1 Å². The van der Waals surface area contributed by atoms with Gasteiger partial charge in [-0.2, -0.15) is 0 Å². The van der Waals surface area contributed by atoms with Crippen LogP contribution in [-0.2, 0) is 16.0 Å². The molecule has 1 amide bonds. The molecule has 0 aliphatic rings. The van der Waals surface area contributed by atoms with Gasteiger partial charge in [0.2, 0.25) is 0 Å². The normalized spacial score (nSPS) is 10.6. The molecule has 0 atom stereocenters. The second kappa shape index (κ2) is 10.4. The van der Waals surface area contributed by atoms with Gasteiger partial charge in [0.1, 0.15) is 5.01 Å². The minimum atomic E-state index is -0.477. The van der Waals surface area contributed by atoms with Crippen LogP contribution in [0.4, 0.5) is 0 Å². The molecule has 2 rings (SSSR count). The van der Waals surface area contributed by atoms with Gasteiger partial charge in [-0.3, -0.25) is 4.79 Å². The third kappa shape index (κ3) is 5.89. The molecule has 0 saturated heterocycles. The summed E-state index contributed by atoms with van der Waals surface area (Å²) in [5.41, 5.74) is 0.868. The Bertz CT molecular complexity index is 733. The summed E-state index contributed by atoms with van der Waals surface area (Å²) in [5, 5.41) is 2.33. The van der Waals surface area contributed by atoms with E-state index >= 15 is 0 Å². The van der Waals surface area contributed by atoms with Crippen LogP contribution in [0.3, 0.4) is 0 Å². The minimum absolute atomic E-state index is 0.0798. The van der Waals surface area contributed by atoms with Crippen molar-refractivity contribution >= 4 is 39.1 Å². The Morgan fingerprint density at radius 2 is 2.00 bits per heavy atom. The number of ether oxygens (including phenoxy) is 2. The summed E-state index contributed by atoms with van der Waals surface area (Å²) < 4.78 is 11.0. The van der Waals surface area contributed by atoms with Crippen LogP contribution in [0.5, 0.6) is 0 Å². The number of esters is 1. The van der Waals surface area contributed by atoms with Gasteiger partial charge in [-0.25, -0.2) is 9.78 Å². The summed E-state index contributed by atoms with van der Waals surface area (Å²) in [6.45, 7) is 4.06. The minimum Gasteiger partial charge on any atom is -0.464 e. The average Bonchev–Trinajstić information content (AvgIpc) is 3.12. The van der Waals surface area contributed by atoms with E-state index in [1.165, 1.54) is 18.4 Å². The molecule has 0 spiro atoms. The summed E-state index contributed by atoms with van der Waals surface area (Å²) in [4.78, 5) is 30.4. The fourth-order valence-corrected chi connectivity index (χ4v) is 3.32. The van der Waals surface area contributed by atoms with Gasteiger partial charge in [0, 0.05) is 35.2 Å². The molecule has 1 aromatic heterocycles. The summed E-state index contributed by atoms with van der Waals surface area (Å²) in [6.07, 6.45) is 0.728. The zero-order valence-corrected chi connectivity index (χ0v) is 17.1. The fraction of sp³-hybridized carbons (Fsp3) is 0.389. The first-order valence-corrected chi connectivity index (χ1v) is 9.87. The number of halogens is 1. The highest BCUT2D eigenvalue weighted by Gasteiger charge is 2.19. The lowest BCUT2D eigenvalue weighted by atomic mass is 10.2. The zero-order chi connectivity index (χ0) is 18.9. The van der Waals surface area contributed by atoms with E-state index in [2.05, 4.69) is 25.7 Å². The third-order valence-electron chi connectivity index (χ3n) is 3.57. The van der Waals surface area contributed by atoms with Crippen molar-refractivity contribution < 1.29 is 19.1 Å². The molecular weight excluding hydrogens is 420 g/mol. The maximum absolute atomic E-state index is 12.9. The van der Waals surface area contributed by atoms with Crippen molar-refractivity contribution in [3.05, 3.63) is 50.4 Å². The van der Waals surface area contributed by atoms with Crippen molar-refractivity contribution in [3.8, 4) is 0 Å². The third-order valence-corrected chi connectivity index (χ3v) is 4.93. The molecule has 0 unspecified atom stereocenters. The number of benzene rings is 1. The van der Waals surface area contributed by atoms with Crippen molar-refractivity contribution in [1.29, 1.82) is 0 Å². The van der Waals surface area contributed by atoms with Crippen LogP contribution in [0.1, 0.15) is 39.2 Å². The lowest BCUT2D eigenvalue weighted by Gasteiger charge is -2.22. The Kier molecular flexibility index (Phi) is 8.21. The molecule has 0 bridgehead atoms. The van der Waals surface area contributed by atoms with Gasteiger partial charge < -0.3 is 14.4 Å². The van der Waals surface area contributed by atoms with E-state index in [9.17, 15) is 9.59 Å². The standard InChI is InChI=1S/C18H21BrN2O4S/c1-3-25-10-4-9-21(17(22)13-5-7-14(19)8-6-13)11-16-20-15(12-26-16)18(23)24-2/h5-8,12H,3-4,9-11H2,1-2H3. The topological polar surface area (TPSA) is 68.7 Å². The number of hydrogen-bond donors (Lipinski definition) is 0. The van der Waals surface area contributed by atoms with Crippen molar-refractivity contribution in [2.24, 2.45) is 0 Å². The van der Waals surface area contributed by atoms with Crippen LogP contribution in [0.25, 0.3) is 0 Å². The van der Waals surface area contributed by atoms with Gasteiger partial charge in [-0.05, 0) is 37.6 Å². The Balaban J connectivity index is 2.11. The summed E-state index contributed by atoms with van der Waals surface area (Å²) >= 11 is 4.71. The van der Waals surface area contributed by atoms with Gasteiger partial charge in [0.15, 0.2) is 5.69 Å². The van der Waals surface area contributed by atoms with Crippen molar-refractivity contribution in [2.45, 2.75) is 19.9 Å². The van der Waals surface area contributed by atoms with Gasteiger partial charge >= 0.3 is 5.97 Å². The average molecular weight is 441 g/mol. The number of thiazole rings is 1. The van der Waals surface area contributed by atoms with E-state index < -0.39 is 5.97 Å². The second-order valence-corrected chi connectivity index (χ2v) is 7.26. The molecule has 1 aromatic carbocycles. The molecule has 0 aliphatic heterocycles. The number of rotatable bonds is 9. The van der Waals surface area contributed by atoms with Gasteiger partial charge in [-0.1, -0.05) is 15.9 Å². The molecule has 0 radical (unpaired) electrons. The molecule has 0 fully saturated rings. The Morgan fingerprint density at radius 3 is 2.65 bits per heavy atom. The molecule has 2 aromatic rings. The predicted molar refractivity (Wildman–Crippen MR) is 103 cm³/mol. The predicted octanol–water partition coefficient (Wildman–Crippen LogP) is 3.76. The quantitative estimate of drug-likeness (QED) is 0.438. The summed E-state index contributed by atoms with van der Waals surface area (Å²) in [6, 6.07) is 7.24. The Morgan fingerprint density at radius 1 is 1.27 bits per heavy atom. The lowest BCUT2D eigenvalue weighted by molar-refractivity contribution is 0.0594. The van der Waals surface area contributed by atoms with Crippen molar-refractivity contribution in [2.75, 3.05) is 26.9 Å². The van der Waals surface area contributed by atoms with E-state index in [0.29, 0.717) is 36.9 Å². The molecule has 140 valence electrons. The molecule has 26 heavy (non-hydrogen) atoms. The highest BCUT2D eigenvalue weighted by molar-refractivity contribution is 9.10. The SMILES string of the molecule is CCOCCCN(Cc1nc(C(=O)OC)cs1)C(=O)c1ccc(Br)cc1. The second-order valence-electron chi connectivity index (χ2n) is 5.40. The lowest BCUT2D eigenvalue weighted by Crippen LogP contribution is -2.32. The van der Waals surface area contributed by atoms with Gasteiger partial charge in [0.25, 0.3) is 5.91 Å². The number of carbonyl (C=O) groups is 2. The molecule has 0 saturated carbocycles. The van der Waals surface area contributed by atoms with Crippen molar-refractivity contribution in [1.82, 2.24) is 9.88 Å². The fourth-order valence-electron chi connectivity index (χ4n) is 2.27. The van der Waals surface area contributed by atoms with Crippen LogP contribution in [0.15, 0.2) is 34.1 Å². The van der Waals surface area contributed by atoms with E-state index in [-0.39, 0.29) is 11.6 Å². The Hall–Kier alpha value is -1.77. The molecule has 6 nitrogen and oxygen atoms in total. The largest absolute Gasteiger partial charge is 0.464 e. The van der Waals surface area contributed by atoms with E-state index in [1.54, 1.807) is 22.4 Å². The number of hydrogen-bond acceptors (Lipinski definition) is 6. The molecule has 0 aliphatic carbocycles. The zero-order valence-electron chi connectivity index (χ0n) is 14.7.